The van der Waals surface area contributed by atoms with Crippen molar-refractivity contribution < 1.29 is 8.42 Å². The lowest BCUT2D eigenvalue weighted by molar-refractivity contribution is 0.264. The summed E-state index contributed by atoms with van der Waals surface area (Å²) < 4.78 is 26.0. The molecular formula is C23H30BrN7O2S. The first-order valence-electron chi connectivity index (χ1n) is 11.6. The standard InChI is InChI=1S/C23H30BrN7O2S/c1-29-9-7-17(8-10-29)26-20-19(24)15-25-23-21(20)27-22(28-23)16-3-5-18(6-4-16)30-11-13-31(14-12-30)34(2,32)33/h3-6,15,17H,7-14H2,1-2H3,(H2,25,26,27,28). The van der Waals surface area contributed by atoms with Gasteiger partial charge in [-0.1, -0.05) is 0 Å². The molecule has 34 heavy (non-hydrogen) atoms. The van der Waals surface area contributed by atoms with Crippen LogP contribution in [0.1, 0.15) is 12.8 Å². The maximum Gasteiger partial charge on any atom is 0.211 e. The van der Waals surface area contributed by atoms with E-state index >= 15 is 0 Å². The lowest BCUT2D eigenvalue weighted by atomic mass is 10.1. The normalized spacial score (nSPS) is 19.1. The number of nitrogens with zero attached hydrogens (tertiary/aromatic N) is 5. The smallest absolute Gasteiger partial charge is 0.211 e. The van der Waals surface area contributed by atoms with Crippen LogP contribution in [0.4, 0.5) is 11.4 Å². The summed E-state index contributed by atoms with van der Waals surface area (Å²) in [5, 5.41) is 3.69. The average Bonchev–Trinajstić information content (AvgIpc) is 3.27. The third kappa shape index (κ3) is 4.93. The highest BCUT2D eigenvalue weighted by Crippen LogP contribution is 2.32. The number of aromatic nitrogens is 3. The molecule has 2 saturated heterocycles. The molecule has 0 bridgehead atoms. The van der Waals surface area contributed by atoms with E-state index < -0.39 is 10.0 Å². The van der Waals surface area contributed by atoms with Crippen LogP contribution in [0.15, 0.2) is 34.9 Å². The topological polar surface area (TPSA) is 97.5 Å². The second-order valence-corrected chi connectivity index (χ2v) is 12.0. The molecule has 2 aromatic heterocycles. The Bertz CT molecular complexity index is 1260. The number of fused-ring (bicyclic) bond motifs is 1. The summed E-state index contributed by atoms with van der Waals surface area (Å²) in [5.41, 5.74) is 4.65. The third-order valence-corrected chi connectivity index (χ3v) is 8.65. The number of hydrogen-bond donors (Lipinski definition) is 2. The molecule has 0 amide bonds. The highest BCUT2D eigenvalue weighted by molar-refractivity contribution is 9.10. The molecule has 182 valence electrons. The predicted molar refractivity (Wildman–Crippen MR) is 140 cm³/mol. The highest BCUT2D eigenvalue weighted by Gasteiger charge is 2.24. The van der Waals surface area contributed by atoms with Crippen molar-refractivity contribution >= 4 is 48.5 Å². The molecule has 5 rings (SSSR count). The Kier molecular flexibility index (Phi) is 6.54. The summed E-state index contributed by atoms with van der Waals surface area (Å²) >= 11 is 3.66. The van der Waals surface area contributed by atoms with Crippen LogP contribution in [-0.2, 0) is 10.0 Å². The van der Waals surface area contributed by atoms with E-state index in [1.54, 1.807) is 0 Å². The summed E-state index contributed by atoms with van der Waals surface area (Å²) in [4.78, 5) is 17.4. The van der Waals surface area contributed by atoms with E-state index in [1.807, 2.05) is 6.20 Å². The van der Waals surface area contributed by atoms with Crippen molar-refractivity contribution in [2.75, 3.05) is 62.8 Å². The molecular weight excluding hydrogens is 518 g/mol. The Hall–Kier alpha value is -2.21. The Morgan fingerprint density at radius 3 is 2.38 bits per heavy atom. The minimum Gasteiger partial charge on any atom is -0.379 e. The Morgan fingerprint density at radius 2 is 1.74 bits per heavy atom. The summed E-state index contributed by atoms with van der Waals surface area (Å²) in [7, 11) is -0.964. The first-order valence-corrected chi connectivity index (χ1v) is 14.2. The number of piperazine rings is 1. The number of halogens is 1. The van der Waals surface area contributed by atoms with E-state index in [0.29, 0.717) is 32.2 Å². The van der Waals surface area contributed by atoms with Crippen LogP contribution < -0.4 is 10.2 Å². The van der Waals surface area contributed by atoms with Gasteiger partial charge in [-0.25, -0.2) is 18.4 Å². The number of benzene rings is 1. The van der Waals surface area contributed by atoms with E-state index in [0.717, 1.165) is 64.3 Å². The van der Waals surface area contributed by atoms with Gasteiger partial charge in [0.25, 0.3) is 0 Å². The number of likely N-dealkylation sites (tertiary alicyclic amines) is 1. The molecule has 2 N–H and O–H groups in total. The fraction of sp³-hybridized carbons (Fsp3) is 0.478. The molecule has 2 fully saturated rings. The lowest BCUT2D eigenvalue weighted by Gasteiger charge is -2.34. The molecule has 0 saturated carbocycles. The van der Waals surface area contributed by atoms with Gasteiger partial charge in [-0.05, 0) is 73.2 Å². The number of pyridine rings is 1. The van der Waals surface area contributed by atoms with Crippen LogP contribution in [0, 0.1) is 0 Å². The van der Waals surface area contributed by atoms with E-state index in [4.69, 9.17) is 4.98 Å². The van der Waals surface area contributed by atoms with Crippen molar-refractivity contribution in [2.45, 2.75) is 18.9 Å². The van der Waals surface area contributed by atoms with Crippen LogP contribution in [0.5, 0.6) is 0 Å². The molecule has 2 aliphatic heterocycles. The van der Waals surface area contributed by atoms with E-state index in [2.05, 4.69) is 72.3 Å². The number of rotatable bonds is 5. The van der Waals surface area contributed by atoms with E-state index in [1.165, 1.54) is 10.6 Å². The van der Waals surface area contributed by atoms with Gasteiger partial charge < -0.3 is 20.1 Å². The number of hydrogen-bond acceptors (Lipinski definition) is 7. The van der Waals surface area contributed by atoms with Crippen molar-refractivity contribution in [1.29, 1.82) is 0 Å². The number of H-pyrrole nitrogens is 1. The first-order chi connectivity index (χ1) is 16.3. The minimum atomic E-state index is -3.13. The maximum absolute atomic E-state index is 11.8. The maximum atomic E-state index is 11.8. The van der Waals surface area contributed by atoms with Crippen LogP contribution >= 0.6 is 15.9 Å². The van der Waals surface area contributed by atoms with Gasteiger partial charge in [0.05, 0.1) is 16.4 Å². The molecule has 0 atom stereocenters. The number of nitrogens with one attached hydrogen (secondary N) is 2. The summed E-state index contributed by atoms with van der Waals surface area (Å²) in [6.45, 7) is 4.56. The predicted octanol–water partition coefficient (Wildman–Crippen LogP) is 2.98. The summed E-state index contributed by atoms with van der Waals surface area (Å²) in [6.07, 6.45) is 5.29. The van der Waals surface area contributed by atoms with Gasteiger partial charge in [-0.15, -0.1) is 0 Å². The Balaban J connectivity index is 1.33. The third-order valence-electron chi connectivity index (χ3n) is 6.75. The second-order valence-electron chi connectivity index (χ2n) is 9.18. The van der Waals surface area contributed by atoms with Gasteiger partial charge in [0, 0.05) is 49.7 Å². The van der Waals surface area contributed by atoms with Gasteiger partial charge in [-0.2, -0.15) is 4.31 Å². The van der Waals surface area contributed by atoms with Crippen LogP contribution in [0.3, 0.4) is 0 Å². The number of anilines is 2. The highest BCUT2D eigenvalue weighted by atomic mass is 79.9. The van der Waals surface area contributed by atoms with Crippen molar-refractivity contribution in [2.24, 2.45) is 0 Å². The molecule has 0 spiro atoms. The molecule has 3 aromatic rings. The minimum absolute atomic E-state index is 0.417. The van der Waals surface area contributed by atoms with Crippen molar-refractivity contribution in [1.82, 2.24) is 24.2 Å². The molecule has 0 radical (unpaired) electrons. The first kappa shape index (κ1) is 23.5. The average molecular weight is 549 g/mol. The number of imidazole rings is 1. The molecule has 1 aromatic carbocycles. The summed E-state index contributed by atoms with van der Waals surface area (Å²) in [6, 6.07) is 8.66. The number of piperidine rings is 1. The van der Waals surface area contributed by atoms with Crippen LogP contribution in [0.25, 0.3) is 22.6 Å². The zero-order chi connectivity index (χ0) is 23.9. The molecule has 2 aliphatic rings. The van der Waals surface area contributed by atoms with Crippen LogP contribution in [0.2, 0.25) is 0 Å². The zero-order valence-corrected chi connectivity index (χ0v) is 21.9. The number of aromatic amines is 1. The van der Waals surface area contributed by atoms with Crippen LogP contribution in [-0.4, -0.2) is 91.2 Å². The fourth-order valence-electron chi connectivity index (χ4n) is 4.67. The van der Waals surface area contributed by atoms with Gasteiger partial charge in [0.2, 0.25) is 10.0 Å². The van der Waals surface area contributed by atoms with Gasteiger partial charge in [0.15, 0.2) is 5.65 Å². The Morgan fingerprint density at radius 1 is 1.06 bits per heavy atom. The largest absolute Gasteiger partial charge is 0.379 e. The summed E-state index contributed by atoms with van der Waals surface area (Å²) in [5.74, 6) is 0.778. The fourth-order valence-corrected chi connectivity index (χ4v) is 5.90. The monoisotopic (exact) mass is 547 g/mol. The lowest BCUT2D eigenvalue weighted by Crippen LogP contribution is -2.48. The van der Waals surface area contributed by atoms with Gasteiger partial charge in [0.1, 0.15) is 11.3 Å². The van der Waals surface area contributed by atoms with Gasteiger partial charge >= 0.3 is 0 Å². The van der Waals surface area contributed by atoms with Crippen molar-refractivity contribution in [3.8, 4) is 11.4 Å². The number of sulfonamides is 1. The molecule has 4 heterocycles. The Labute approximate surface area is 208 Å². The van der Waals surface area contributed by atoms with Gasteiger partial charge in [-0.3, -0.25) is 0 Å². The quantitative estimate of drug-likeness (QED) is 0.506. The molecule has 9 nitrogen and oxygen atoms in total. The molecule has 0 unspecified atom stereocenters. The van der Waals surface area contributed by atoms with Crippen molar-refractivity contribution in [3.63, 3.8) is 0 Å². The zero-order valence-electron chi connectivity index (χ0n) is 19.5. The van der Waals surface area contributed by atoms with Crippen molar-refractivity contribution in [3.05, 3.63) is 34.9 Å². The SMILES string of the molecule is CN1CCC(Nc2c(Br)cnc3[nH]c(-c4ccc(N5CCN(S(C)(=O)=O)CC5)cc4)nc23)CC1. The molecule has 11 heteroatoms. The second kappa shape index (κ2) is 9.44. The molecule has 0 aliphatic carbocycles. The van der Waals surface area contributed by atoms with E-state index in [9.17, 15) is 8.42 Å². The van der Waals surface area contributed by atoms with E-state index in [-0.39, 0.29) is 0 Å².